The Morgan fingerprint density at radius 3 is 2.32 bits per heavy atom. The van der Waals surface area contributed by atoms with Gasteiger partial charge in [-0.25, -0.2) is 0 Å². The van der Waals surface area contributed by atoms with E-state index in [2.05, 4.69) is 17.0 Å². The highest BCUT2D eigenvalue weighted by Crippen LogP contribution is 2.37. The minimum atomic E-state index is -0.315. The molecule has 34 heavy (non-hydrogen) atoms. The fourth-order valence-electron chi connectivity index (χ4n) is 4.64. The molecule has 2 amide bonds. The average molecular weight is 488 g/mol. The molecule has 0 atom stereocenters. The number of hydrogen-bond donors (Lipinski definition) is 0. The summed E-state index contributed by atoms with van der Waals surface area (Å²) in [5.74, 6) is 0.912. The van der Waals surface area contributed by atoms with Gasteiger partial charge in [0.15, 0.2) is 0 Å². The highest BCUT2D eigenvalue weighted by molar-refractivity contribution is 6.30. The van der Waals surface area contributed by atoms with Crippen LogP contribution in [0.5, 0.6) is 5.75 Å². The van der Waals surface area contributed by atoms with Crippen LogP contribution in [0.1, 0.15) is 36.5 Å². The van der Waals surface area contributed by atoms with Gasteiger partial charge < -0.3 is 19.4 Å². The smallest absolute Gasteiger partial charge is 0.257 e. The predicted octanol–water partition coefficient (Wildman–Crippen LogP) is 3.02. The molecule has 2 fully saturated rings. The Morgan fingerprint density at radius 2 is 1.71 bits per heavy atom. The van der Waals surface area contributed by atoms with Crippen molar-refractivity contribution in [2.24, 2.45) is 5.41 Å². The van der Waals surface area contributed by atoms with Crippen LogP contribution in [0.15, 0.2) is 36.7 Å². The van der Waals surface area contributed by atoms with Crippen molar-refractivity contribution in [1.29, 1.82) is 0 Å². The van der Waals surface area contributed by atoms with Gasteiger partial charge in [-0.3, -0.25) is 14.3 Å². The van der Waals surface area contributed by atoms with Crippen molar-refractivity contribution in [3.8, 4) is 5.75 Å². The molecule has 3 heterocycles. The lowest BCUT2D eigenvalue weighted by atomic mass is 9.75. The van der Waals surface area contributed by atoms with Crippen molar-refractivity contribution in [3.63, 3.8) is 0 Å². The first-order valence-electron chi connectivity index (χ1n) is 12.0. The molecule has 8 nitrogen and oxygen atoms in total. The summed E-state index contributed by atoms with van der Waals surface area (Å²) in [4.78, 5) is 32.3. The molecular weight excluding hydrogens is 454 g/mol. The fraction of sp³-hybridized carbons (Fsp3) is 0.560. The van der Waals surface area contributed by atoms with Crippen molar-refractivity contribution in [3.05, 3.63) is 47.2 Å². The second-order valence-corrected chi connectivity index (χ2v) is 9.92. The normalized spacial score (nSPS) is 18.7. The number of rotatable bonds is 7. The maximum Gasteiger partial charge on any atom is 0.257 e. The van der Waals surface area contributed by atoms with Gasteiger partial charge in [0.25, 0.3) is 5.91 Å². The number of aromatic nitrogens is 2. The van der Waals surface area contributed by atoms with E-state index >= 15 is 0 Å². The van der Waals surface area contributed by atoms with Crippen LogP contribution in [-0.4, -0.2) is 89.2 Å². The van der Waals surface area contributed by atoms with Crippen LogP contribution < -0.4 is 4.74 Å². The topological polar surface area (TPSA) is 70.9 Å². The Hall–Kier alpha value is -2.58. The number of nitrogens with zero attached hydrogens (tertiary/aromatic N) is 5. The van der Waals surface area contributed by atoms with Gasteiger partial charge in [0.2, 0.25) is 5.91 Å². The largest absolute Gasteiger partial charge is 0.493 e. The quantitative estimate of drug-likeness (QED) is 0.600. The number of likely N-dealkylation sites (N-methyl/N-ethyl adjacent to an activating group) is 1. The summed E-state index contributed by atoms with van der Waals surface area (Å²) in [6, 6.07) is 7.30. The molecule has 0 N–H and O–H groups in total. The van der Waals surface area contributed by atoms with E-state index in [9.17, 15) is 9.59 Å². The van der Waals surface area contributed by atoms with E-state index in [1.54, 1.807) is 29.2 Å². The molecule has 2 aromatic rings. The van der Waals surface area contributed by atoms with Crippen LogP contribution in [0, 0.1) is 5.41 Å². The number of carbonyl (C=O) groups is 2. The Morgan fingerprint density at radius 1 is 1.03 bits per heavy atom. The van der Waals surface area contributed by atoms with Gasteiger partial charge in [0.1, 0.15) is 5.75 Å². The number of ether oxygens (including phenoxy) is 1. The lowest BCUT2D eigenvalue weighted by Gasteiger charge is -2.42. The summed E-state index contributed by atoms with van der Waals surface area (Å²) in [6.45, 7) is 7.66. The molecule has 0 spiro atoms. The van der Waals surface area contributed by atoms with Crippen LogP contribution in [0.4, 0.5) is 0 Å². The predicted molar refractivity (Wildman–Crippen MR) is 131 cm³/mol. The van der Waals surface area contributed by atoms with Gasteiger partial charge in [-0.15, -0.1) is 0 Å². The fourth-order valence-corrected chi connectivity index (χ4v) is 4.77. The standard InChI is InChI=1S/C25H34ClN5O3/c1-3-31-18-20(17-27-31)24(33)30-10-8-25(9-11-30,19-34-22-6-4-21(26)5-7-22)16-23(32)29-14-12-28(2)13-15-29/h4-7,17-18H,3,8-16,19H2,1-2H3. The maximum atomic E-state index is 13.2. The molecule has 0 unspecified atom stereocenters. The van der Waals surface area contributed by atoms with Crippen LogP contribution in [0.3, 0.4) is 0 Å². The number of piperidine rings is 1. The molecule has 0 radical (unpaired) electrons. The second-order valence-electron chi connectivity index (χ2n) is 9.48. The third kappa shape index (κ3) is 5.91. The number of benzene rings is 1. The first kappa shape index (κ1) is 24.5. The summed E-state index contributed by atoms with van der Waals surface area (Å²) < 4.78 is 7.91. The minimum absolute atomic E-state index is 0.00249. The molecule has 0 aliphatic carbocycles. The Bertz CT molecular complexity index is 977. The number of aryl methyl sites for hydroxylation is 1. The SMILES string of the molecule is CCn1cc(C(=O)N2CCC(COc3ccc(Cl)cc3)(CC(=O)N3CCN(C)CC3)CC2)cn1. The Balaban J connectivity index is 1.43. The van der Waals surface area contributed by atoms with Crippen LogP contribution in [0.25, 0.3) is 0 Å². The van der Waals surface area contributed by atoms with E-state index in [0.29, 0.717) is 49.5 Å². The molecular formula is C25H34ClN5O3. The van der Waals surface area contributed by atoms with Crippen molar-refractivity contribution < 1.29 is 14.3 Å². The maximum absolute atomic E-state index is 13.2. The van der Waals surface area contributed by atoms with Gasteiger partial charge in [0.05, 0.1) is 18.4 Å². The lowest BCUT2D eigenvalue weighted by Crippen LogP contribution is -2.51. The van der Waals surface area contributed by atoms with Gasteiger partial charge in [-0.2, -0.15) is 5.10 Å². The molecule has 0 bridgehead atoms. The second kappa shape index (κ2) is 10.8. The average Bonchev–Trinajstić information content (AvgIpc) is 3.34. The third-order valence-corrected chi connectivity index (χ3v) is 7.31. The molecule has 0 saturated carbocycles. The van der Waals surface area contributed by atoms with Crippen LogP contribution in [-0.2, 0) is 11.3 Å². The number of carbonyl (C=O) groups excluding carboxylic acids is 2. The Labute approximate surface area is 206 Å². The minimum Gasteiger partial charge on any atom is -0.493 e. The highest BCUT2D eigenvalue weighted by Gasteiger charge is 2.40. The van der Waals surface area contributed by atoms with Gasteiger partial charge >= 0.3 is 0 Å². The van der Waals surface area contributed by atoms with E-state index in [1.807, 2.05) is 28.9 Å². The van der Waals surface area contributed by atoms with Gasteiger partial charge in [-0.1, -0.05) is 11.6 Å². The number of halogens is 1. The lowest BCUT2D eigenvalue weighted by molar-refractivity contribution is -0.136. The molecule has 9 heteroatoms. The first-order chi connectivity index (χ1) is 16.4. The van der Waals surface area contributed by atoms with Crippen LogP contribution in [0.2, 0.25) is 5.02 Å². The molecule has 1 aromatic heterocycles. The highest BCUT2D eigenvalue weighted by atomic mass is 35.5. The van der Waals surface area contributed by atoms with Crippen molar-refractivity contribution in [2.45, 2.75) is 32.7 Å². The molecule has 4 rings (SSSR count). The zero-order valence-electron chi connectivity index (χ0n) is 20.1. The van der Waals surface area contributed by atoms with E-state index in [0.717, 1.165) is 38.5 Å². The van der Waals surface area contributed by atoms with Crippen molar-refractivity contribution >= 4 is 23.4 Å². The van der Waals surface area contributed by atoms with Crippen molar-refractivity contribution in [2.75, 3.05) is 52.9 Å². The first-order valence-corrected chi connectivity index (χ1v) is 12.4. The monoisotopic (exact) mass is 487 g/mol. The molecule has 2 aliphatic heterocycles. The number of piperazine rings is 1. The zero-order valence-corrected chi connectivity index (χ0v) is 20.8. The number of likely N-dealkylation sites (tertiary alicyclic amines) is 1. The number of amides is 2. The van der Waals surface area contributed by atoms with E-state index in [4.69, 9.17) is 16.3 Å². The summed E-state index contributed by atoms with van der Waals surface area (Å²) >= 11 is 6.01. The van der Waals surface area contributed by atoms with Crippen LogP contribution >= 0.6 is 11.6 Å². The molecule has 1 aromatic carbocycles. The Kier molecular flexibility index (Phi) is 7.78. The zero-order chi connectivity index (χ0) is 24.1. The summed E-state index contributed by atoms with van der Waals surface area (Å²) in [5.41, 5.74) is 0.296. The summed E-state index contributed by atoms with van der Waals surface area (Å²) in [5, 5.41) is 4.89. The summed E-state index contributed by atoms with van der Waals surface area (Å²) in [6.07, 6.45) is 5.29. The third-order valence-electron chi connectivity index (χ3n) is 7.06. The van der Waals surface area contributed by atoms with Gasteiger partial charge in [-0.05, 0) is 51.1 Å². The van der Waals surface area contributed by atoms with Gasteiger partial charge in [0, 0.05) is 68.9 Å². The van der Waals surface area contributed by atoms with E-state index in [1.165, 1.54) is 0 Å². The summed E-state index contributed by atoms with van der Waals surface area (Å²) in [7, 11) is 2.08. The number of hydrogen-bond acceptors (Lipinski definition) is 5. The molecule has 184 valence electrons. The molecule has 2 saturated heterocycles. The van der Waals surface area contributed by atoms with E-state index < -0.39 is 0 Å². The molecule has 2 aliphatic rings. The van der Waals surface area contributed by atoms with E-state index in [-0.39, 0.29) is 17.2 Å². The van der Waals surface area contributed by atoms with Crippen molar-refractivity contribution in [1.82, 2.24) is 24.5 Å².